The molecule has 5 heteroatoms. The molecule has 26 heavy (non-hydrogen) atoms. The Labute approximate surface area is 152 Å². The average Bonchev–Trinajstić information content (AvgIpc) is 2.93. The summed E-state index contributed by atoms with van der Waals surface area (Å²) in [6.45, 7) is 5.97. The fourth-order valence-corrected chi connectivity index (χ4v) is 2.70. The van der Waals surface area contributed by atoms with Crippen LogP contribution in [0, 0.1) is 5.41 Å². The van der Waals surface area contributed by atoms with E-state index in [9.17, 15) is 9.59 Å². The van der Waals surface area contributed by atoms with Gasteiger partial charge < -0.3 is 15.1 Å². The van der Waals surface area contributed by atoms with Gasteiger partial charge in [0.25, 0.3) is 5.91 Å². The molecule has 2 aromatic carbocycles. The fraction of sp³-hybridized carbons (Fsp3) is 0.238. The predicted octanol–water partition coefficient (Wildman–Crippen LogP) is 5.06. The Morgan fingerprint density at radius 1 is 0.923 bits per heavy atom. The first kappa shape index (κ1) is 17.7. The molecule has 1 heterocycles. The molecular weight excluding hydrogens is 328 g/mol. The third-order valence-corrected chi connectivity index (χ3v) is 3.79. The van der Waals surface area contributed by atoms with Gasteiger partial charge in [-0.25, -0.2) is 0 Å². The Bertz CT molecular complexity index is 937. The topological polar surface area (TPSA) is 71.3 Å². The van der Waals surface area contributed by atoms with Crippen LogP contribution in [-0.2, 0) is 4.79 Å². The van der Waals surface area contributed by atoms with Gasteiger partial charge in [-0.1, -0.05) is 51.1 Å². The Hall–Kier alpha value is -3.08. The summed E-state index contributed by atoms with van der Waals surface area (Å²) in [6.07, 6.45) is 0.340. The molecule has 0 bridgehead atoms. The molecule has 2 amide bonds. The zero-order valence-corrected chi connectivity index (χ0v) is 15.1. The molecule has 0 radical (unpaired) electrons. The summed E-state index contributed by atoms with van der Waals surface area (Å²) in [6, 6.07) is 16.4. The standard InChI is InChI=1S/C21H22N2O3/c1-21(2,3)13-17(24)23-18-15-11-7-8-12-16(15)26-19(18)20(25)22-14-9-5-4-6-10-14/h4-12H,13H2,1-3H3,(H,22,25)(H,23,24). The van der Waals surface area contributed by atoms with Gasteiger partial charge in [0.1, 0.15) is 11.3 Å². The van der Waals surface area contributed by atoms with Crippen molar-refractivity contribution in [1.82, 2.24) is 0 Å². The zero-order valence-electron chi connectivity index (χ0n) is 15.1. The number of nitrogens with one attached hydrogen (secondary N) is 2. The van der Waals surface area contributed by atoms with Gasteiger partial charge in [0.2, 0.25) is 11.7 Å². The van der Waals surface area contributed by atoms with Crippen molar-refractivity contribution >= 4 is 34.2 Å². The molecule has 0 aliphatic heterocycles. The molecule has 0 saturated carbocycles. The minimum atomic E-state index is -0.404. The van der Waals surface area contributed by atoms with E-state index in [0.29, 0.717) is 28.8 Å². The fourth-order valence-electron chi connectivity index (χ4n) is 2.70. The van der Waals surface area contributed by atoms with Crippen LogP contribution in [0.4, 0.5) is 11.4 Å². The number of rotatable bonds is 4. The maximum Gasteiger partial charge on any atom is 0.293 e. The summed E-state index contributed by atoms with van der Waals surface area (Å²) in [5.41, 5.74) is 1.46. The van der Waals surface area contributed by atoms with Crippen molar-refractivity contribution in [1.29, 1.82) is 0 Å². The van der Waals surface area contributed by atoms with Gasteiger partial charge >= 0.3 is 0 Å². The SMILES string of the molecule is CC(C)(C)CC(=O)Nc1c(C(=O)Nc2ccccc2)oc2ccccc12. The number of amides is 2. The normalized spacial score (nSPS) is 11.3. The van der Waals surface area contributed by atoms with Crippen LogP contribution in [0.2, 0.25) is 0 Å². The van der Waals surface area contributed by atoms with Crippen molar-refractivity contribution in [3.8, 4) is 0 Å². The van der Waals surface area contributed by atoms with Gasteiger partial charge in [-0.3, -0.25) is 9.59 Å². The highest BCUT2D eigenvalue weighted by Crippen LogP contribution is 2.32. The third kappa shape index (κ3) is 4.11. The molecule has 1 aromatic heterocycles. The van der Waals surface area contributed by atoms with Crippen LogP contribution in [0.3, 0.4) is 0 Å². The number of anilines is 2. The first-order valence-corrected chi connectivity index (χ1v) is 8.51. The predicted molar refractivity (Wildman–Crippen MR) is 103 cm³/mol. The molecule has 2 N–H and O–H groups in total. The van der Waals surface area contributed by atoms with E-state index in [1.807, 2.05) is 57.2 Å². The Morgan fingerprint density at radius 2 is 1.58 bits per heavy atom. The highest BCUT2D eigenvalue weighted by Gasteiger charge is 2.24. The van der Waals surface area contributed by atoms with Gasteiger partial charge in [0.05, 0.1) is 0 Å². The molecule has 3 rings (SSSR count). The maximum atomic E-state index is 12.7. The molecule has 3 aromatic rings. The van der Waals surface area contributed by atoms with E-state index in [1.165, 1.54) is 0 Å². The summed E-state index contributed by atoms with van der Waals surface area (Å²) in [4.78, 5) is 25.1. The molecule has 0 aliphatic carbocycles. The summed E-state index contributed by atoms with van der Waals surface area (Å²) >= 11 is 0. The zero-order chi connectivity index (χ0) is 18.7. The van der Waals surface area contributed by atoms with E-state index in [-0.39, 0.29) is 17.1 Å². The van der Waals surface area contributed by atoms with E-state index in [4.69, 9.17) is 4.42 Å². The van der Waals surface area contributed by atoms with Crippen LogP contribution in [0.15, 0.2) is 59.0 Å². The summed E-state index contributed by atoms with van der Waals surface area (Å²) in [7, 11) is 0. The van der Waals surface area contributed by atoms with Crippen molar-refractivity contribution in [2.24, 2.45) is 5.41 Å². The molecule has 0 atom stereocenters. The molecular formula is C21H22N2O3. The number of fused-ring (bicyclic) bond motifs is 1. The van der Waals surface area contributed by atoms with Crippen molar-refractivity contribution < 1.29 is 14.0 Å². The second-order valence-corrected chi connectivity index (χ2v) is 7.41. The molecule has 0 unspecified atom stereocenters. The quantitative estimate of drug-likeness (QED) is 0.691. The number of carbonyl (C=O) groups excluding carboxylic acids is 2. The summed E-state index contributed by atoms with van der Waals surface area (Å²) in [5, 5.41) is 6.36. The van der Waals surface area contributed by atoms with Crippen LogP contribution in [-0.4, -0.2) is 11.8 Å². The first-order chi connectivity index (χ1) is 12.3. The minimum absolute atomic E-state index is 0.0947. The van der Waals surface area contributed by atoms with E-state index < -0.39 is 5.91 Å². The van der Waals surface area contributed by atoms with Crippen LogP contribution in [0.25, 0.3) is 11.0 Å². The maximum absolute atomic E-state index is 12.7. The molecule has 0 aliphatic rings. The van der Waals surface area contributed by atoms with Crippen LogP contribution < -0.4 is 10.6 Å². The second-order valence-electron chi connectivity index (χ2n) is 7.41. The number of hydrogen-bond acceptors (Lipinski definition) is 3. The minimum Gasteiger partial charge on any atom is -0.449 e. The molecule has 0 fully saturated rings. The van der Waals surface area contributed by atoms with Gasteiger partial charge in [-0.15, -0.1) is 0 Å². The lowest BCUT2D eigenvalue weighted by molar-refractivity contribution is -0.117. The lowest BCUT2D eigenvalue weighted by atomic mass is 9.92. The van der Waals surface area contributed by atoms with Crippen molar-refractivity contribution in [3.05, 3.63) is 60.4 Å². The number of hydrogen-bond donors (Lipinski definition) is 2. The number of benzene rings is 2. The Kier molecular flexibility index (Phi) is 4.80. The van der Waals surface area contributed by atoms with Crippen LogP contribution in [0.1, 0.15) is 37.7 Å². The summed E-state index contributed by atoms with van der Waals surface area (Å²) in [5.74, 6) is -0.464. The van der Waals surface area contributed by atoms with Crippen molar-refractivity contribution in [2.75, 3.05) is 10.6 Å². The van der Waals surface area contributed by atoms with E-state index >= 15 is 0 Å². The molecule has 0 saturated heterocycles. The lowest BCUT2D eigenvalue weighted by Gasteiger charge is -2.17. The lowest BCUT2D eigenvalue weighted by Crippen LogP contribution is -2.21. The van der Waals surface area contributed by atoms with E-state index in [1.54, 1.807) is 18.2 Å². The molecule has 0 spiro atoms. The summed E-state index contributed by atoms with van der Waals surface area (Å²) < 4.78 is 5.74. The number of para-hydroxylation sites is 2. The molecule has 5 nitrogen and oxygen atoms in total. The van der Waals surface area contributed by atoms with Gasteiger partial charge in [0, 0.05) is 17.5 Å². The van der Waals surface area contributed by atoms with Gasteiger partial charge in [0.15, 0.2) is 0 Å². The molecule has 134 valence electrons. The third-order valence-electron chi connectivity index (χ3n) is 3.79. The highest BCUT2D eigenvalue weighted by molar-refractivity contribution is 6.14. The Morgan fingerprint density at radius 3 is 2.27 bits per heavy atom. The first-order valence-electron chi connectivity index (χ1n) is 8.51. The van der Waals surface area contributed by atoms with Crippen LogP contribution >= 0.6 is 0 Å². The highest BCUT2D eigenvalue weighted by atomic mass is 16.3. The largest absolute Gasteiger partial charge is 0.449 e. The monoisotopic (exact) mass is 350 g/mol. The smallest absolute Gasteiger partial charge is 0.293 e. The van der Waals surface area contributed by atoms with E-state index in [2.05, 4.69) is 10.6 Å². The van der Waals surface area contributed by atoms with Crippen molar-refractivity contribution in [2.45, 2.75) is 27.2 Å². The average molecular weight is 350 g/mol. The number of furan rings is 1. The van der Waals surface area contributed by atoms with Gasteiger partial charge in [-0.2, -0.15) is 0 Å². The van der Waals surface area contributed by atoms with Gasteiger partial charge in [-0.05, 0) is 29.7 Å². The number of carbonyl (C=O) groups is 2. The second kappa shape index (κ2) is 7.04. The van der Waals surface area contributed by atoms with E-state index in [0.717, 1.165) is 0 Å². The Balaban J connectivity index is 1.94. The van der Waals surface area contributed by atoms with Crippen LogP contribution in [0.5, 0.6) is 0 Å². The van der Waals surface area contributed by atoms with Crippen molar-refractivity contribution in [3.63, 3.8) is 0 Å².